The van der Waals surface area contributed by atoms with Crippen LogP contribution in [0.25, 0.3) is 0 Å². The first-order valence-electron chi connectivity index (χ1n) is 18.4. The molecule has 0 aromatic heterocycles. The second kappa shape index (κ2) is 15.6. The summed E-state index contributed by atoms with van der Waals surface area (Å²) in [4.78, 5) is 2.81. The predicted molar refractivity (Wildman–Crippen MR) is 173 cm³/mol. The van der Waals surface area contributed by atoms with E-state index in [1.54, 1.807) is 0 Å². The van der Waals surface area contributed by atoms with Crippen LogP contribution in [-0.4, -0.2) is 43.8 Å². The highest BCUT2D eigenvalue weighted by molar-refractivity contribution is 5.12. The molecule has 2 N–H and O–H groups in total. The monoisotopic (exact) mass is 559 g/mol. The Balaban J connectivity index is 1.43. The van der Waals surface area contributed by atoms with Crippen molar-refractivity contribution in [2.24, 2.45) is 52.1 Å². The molecular weight excluding hydrogens is 488 g/mol. The molecule has 0 aromatic rings. The van der Waals surface area contributed by atoms with E-state index in [0.717, 1.165) is 55.1 Å². The van der Waals surface area contributed by atoms with Gasteiger partial charge < -0.3 is 15.4 Å². The van der Waals surface area contributed by atoms with Crippen molar-refractivity contribution >= 4 is 0 Å². The minimum atomic E-state index is 0.356. The van der Waals surface area contributed by atoms with E-state index in [9.17, 15) is 0 Å². The summed E-state index contributed by atoms with van der Waals surface area (Å²) in [6.07, 6.45) is 25.6. The molecule has 0 aromatic carbocycles. The summed E-state index contributed by atoms with van der Waals surface area (Å²) in [5, 5.41) is 0. The van der Waals surface area contributed by atoms with Crippen molar-refractivity contribution < 1.29 is 4.74 Å². The third kappa shape index (κ3) is 7.15. The number of ether oxygens (including phenoxy) is 1. The summed E-state index contributed by atoms with van der Waals surface area (Å²) in [6, 6.07) is 0. The molecule has 4 aliphatic carbocycles. The van der Waals surface area contributed by atoms with Gasteiger partial charge in [0.25, 0.3) is 0 Å². The fourth-order valence-electron chi connectivity index (χ4n) is 11.1. The second-order valence-electron chi connectivity index (χ2n) is 15.6. The summed E-state index contributed by atoms with van der Waals surface area (Å²) in [7, 11) is 0. The largest absolute Gasteiger partial charge is 0.378 e. The number of rotatable bonds is 17. The van der Waals surface area contributed by atoms with Crippen LogP contribution in [0, 0.1) is 46.3 Å². The molecule has 4 aliphatic rings. The number of hydrogen-bond donors (Lipinski definition) is 1. The Morgan fingerprint density at radius 1 is 0.825 bits per heavy atom. The Labute approximate surface area is 250 Å². The Morgan fingerprint density at radius 3 is 2.25 bits per heavy atom. The molecule has 0 radical (unpaired) electrons. The minimum Gasteiger partial charge on any atom is -0.378 e. The SMILES string of the molecule is CCCCCN(CCCCC)CCC[C@@H](C)C1CCC2C3CCC4CCCCC4(C)C3C[C@H](OCCCN)C21C. The van der Waals surface area contributed by atoms with Crippen LogP contribution in [0.4, 0.5) is 0 Å². The topological polar surface area (TPSA) is 38.5 Å². The van der Waals surface area contributed by atoms with Gasteiger partial charge in [-0.15, -0.1) is 0 Å². The van der Waals surface area contributed by atoms with Gasteiger partial charge in [0.2, 0.25) is 0 Å². The molecule has 3 heteroatoms. The van der Waals surface area contributed by atoms with E-state index >= 15 is 0 Å². The molecule has 7 unspecified atom stereocenters. The van der Waals surface area contributed by atoms with Gasteiger partial charge in [-0.3, -0.25) is 0 Å². The lowest BCUT2D eigenvalue weighted by Crippen LogP contribution is -2.58. The van der Waals surface area contributed by atoms with E-state index in [2.05, 4.69) is 39.5 Å². The summed E-state index contributed by atoms with van der Waals surface area (Å²) < 4.78 is 6.96. The molecule has 0 bridgehead atoms. The fraction of sp³-hybridized carbons (Fsp3) is 1.00. The summed E-state index contributed by atoms with van der Waals surface area (Å²) >= 11 is 0. The second-order valence-corrected chi connectivity index (χ2v) is 15.6. The summed E-state index contributed by atoms with van der Waals surface area (Å²) in [6.45, 7) is 18.3. The molecule has 234 valence electrons. The zero-order valence-electron chi connectivity index (χ0n) is 27.7. The Hall–Kier alpha value is -0.120. The van der Waals surface area contributed by atoms with Crippen molar-refractivity contribution in [2.75, 3.05) is 32.8 Å². The smallest absolute Gasteiger partial charge is 0.0637 e. The molecule has 0 spiro atoms. The van der Waals surface area contributed by atoms with Crippen LogP contribution >= 0.6 is 0 Å². The van der Waals surface area contributed by atoms with Crippen molar-refractivity contribution in [3.63, 3.8) is 0 Å². The van der Waals surface area contributed by atoms with E-state index < -0.39 is 0 Å². The van der Waals surface area contributed by atoms with E-state index in [4.69, 9.17) is 10.5 Å². The Bertz CT molecular complexity index is 717. The minimum absolute atomic E-state index is 0.356. The highest BCUT2D eigenvalue weighted by Crippen LogP contribution is 2.68. The maximum atomic E-state index is 6.96. The first-order valence-corrected chi connectivity index (χ1v) is 18.4. The molecule has 0 saturated heterocycles. The molecular formula is C37H70N2O. The highest BCUT2D eigenvalue weighted by Gasteiger charge is 2.63. The van der Waals surface area contributed by atoms with Gasteiger partial charge in [0, 0.05) is 6.61 Å². The quantitative estimate of drug-likeness (QED) is 0.181. The lowest BCUT2D eigenvalue weighted by molar-refractivity contribution is -0.185. The lowest BCUT2D eigenvalue weighted by atomic mass is 9.44. The van der Waals surface area contributed by atoms with E-state index in [1.165, 1.54) is 129 Å². The van der Waals surface area contributed by atoms with Gasteiger partial charge in [-0.25, -0.2) is 0 Å². The average Bonchev–Trinajstić information content (AvgIpc) is 3.31. The normalized spacial score (nSPS) is 38.2. The molecule has 4 fully saturated rings. The van der Waals surface area contributed by atoms with Gasteiger partial charge in [-0.1, -0.05) is 73.1 Å². The van der Waals surface area contributed by atoms with Gasteiger partial charge in [0.1, 0.15) is 0 Å². The zero-order valence-corrected chi connectivity index (χ0v) is 27.7. The fourth-order valence-corrected chi connectivity index (χ4v) is 11.1. The van der Waals surface area contributed by atoms with Crippen LogP contribution in [-0.2, 0) is 4.74 Å². The Kier molecular flexibility index (Phi) is 12.8. The average molecular weight is 559 g/mol. The number of nitrogens with two attached hydrogens (primary N) is 1. The highest BCUT2D eigenvalue weighted by atomic mass is 16.5. The van der Waals surface area contributed by atoms with Gasteiger partial charge >= 0.3 is 0 Å². The molecule has 4 rings (SSSR count). The van der Waals surface area contributed by atoms with Crippen molar-refractivity contribution in [3.05, 3.63) is 0 Å². The van der Waals surface area contributed by atoms with E-state index in [1.807, 2.05) is 0 Å². The van der Waals surface area contributed by atoms with Crippen LogP contribution < -0.4 is 5.73 Å². The van der Waals surface area contributed by atoms with Crippen LogP contribution in [0.2, 0.25) is 0 Å². The number of nitrogens with zero attached hydrogens (tertiary/aromatic N) is 1. The number of hydrogen-bond acceptors (Lipinski definition) is 3. The third-order valence-electron chi connectivity index (χ3n) is 13.4. The first kappa shape index (κ1) is 32.8. The molecule has 9 atom stereocenters. The van der Waals surface area contributed by atoms with Crippen LogP contribution in [0.3, 0.4) is 0 Å². The molecule has 3 nitrogen and oxygen atoms in total. The maximum Gasteiger partial charge on any atom is 0.0637 e. The maximum absolute atomic E-state index is 6.96. The molecule has 40 heavy (non-hydrogen) atoms. The summed E-state index contributed by atoms with van der Waals surface area (Å²) in [5.74, 6) is 5.32. The third-order valence-corrected chi connectivity index (χ3v) is 13.4. The van der Waals surface area contributed by atoms with E-state index in [-0.39, 0.29) is 0 Å². The predicted octanol–water partition coefficient (Wildman–Crippen LogP) is 9.48. The molecule has 0 aliphatic heterocycles. The van der Waals surface area contributed by atoms with E-state index in [0.29, 0.717) is 16.9 Å². The first-order chi connectivity index (χ1) is 19.4. The van der Waals surface area contributed by atoms with Crippen LogP contribution in [0.15, 0.2) is 0 Å². The standard InChI is InChI=1S/C37H70N2O/c1-6-8-12-24-39(25-13-9-7-2)26-14-16-29(3)32-20-21-33-31-19-18-30-17-10-11-22-36(30,4)34(31)28-35(37(32,33)5)40-27-15-23-38/h29-35H,6-28,38H2,1-5H3/t29-,30?,31?,32?,33?,34?,35+,36?,37?/m1/s1. The Morgan fingerprint density at radius 2 is 1.55 bits per heavy atom. The number of unbranched alkanes of at least 4 members (excludes halogenated alkanes) is 4. The van der Waals surface area contributed by atoms with Crippen molar-refractivity contribution in [1.29, 1.82) is 0 Å². The molecule has 0 heterocycles. The van der Waals surface area contributed by atoms with Gasteiger partial charge in [-0.05, 0) is 150 Å². The van der Waals surface area contributed by atoms with Crippen molar-refractivity contribution in [3.8, 4) is 0 Å². The lowest BCUT2D eigenvalue weighted by Gasteiger charge is -2.62. The van der Waals surface area contributed by atoms with Gasteiger partial charge in [0.15, 0.2) is 0 Å². The number of fused-ring (bicyclic) bond motifs is 5. The van der Waals surface area contributed by atoms with Crippen molar-refractivity contribution in [1.82, 2.24) is 4.90 Å². The van der Waals surface area contributed by atoms with Crippen molar-refractivity contribution in [2.45, 2.75) is 156 Å². The summed E-state index contributed by atoms with van der Waals surface area (Å²) in [5.41, 5.74) is 6.87. The molecule has 0 amide bonds. The van der Waals surface area contributed by atoms with Gasteiger partial charge in [-0.2, -0.15) is 0 Å². The zero-order chi connectivity index (χ0) is 28.6. The van der Waals surface area contributed by atoms with Gasteiger partial charge in [0.05, 0.1) is 6.10 Å². The van der Waals surface area contributed by atoms with Crippen LogP contribution in [0.1, 0.15) is 150 Å². The molecule has 4 saturated carbocycles. The van der Waals surface area contributed by atoms with Crippen LogP contribution in [0.5, 0.6) is 0 Å².